The Morgan fingerprint density at radius 1 is 1.13 bits per heavy atom. The minimum atomic E-state index is -0.0569. The predicted molar refractivity (Wildman–Crippen MR) is 91.4 cm³/mol. The normalized spacial score (nSPS) is 22.4. The molecule has 1 N–H and O–H groups in total. The van der Waals surface area contributed by atoms with Crippen molar-refractivity contribution in [2.45, 2.75) is 58.4 Å². The van der Waals surface area contributed by atoms with Crippen molar-refractivity contribution in [2.24, 2.45) is 5.92 Å². The van der Waals surface area contributed by atoms with Gasteiger partial charge in [0, 0.05) is 24.6 Å². The van der Waals surface area contributed by atoms with Gasteiger partial charge in [-0.05, 0) is 49.9 Å². The molecule has 124 valence electrons. The molecule has 0 radical (unpaired) electrons. The maximum atomic E-state index is 12.4. The minimum Gasteiger partial charge on any atom is -0.351 e. The van der Waals surface area contributed by atoms with Crippen molar-refractivity contribution < 1.29 is 9.59 Å². The molecule has 1 unspecified atom stereocenters. The van der Waals surface area contributed by atoms with Crippen LogP contribution in [0.5, 0.6) is 0 Å². The molecule has 1 saturated heterocycles. The largest absolute Gasteiger partial charge is 0.351 e. The van der Waals surface area contributed by atoms with Gasteiger partial charge >= 0.3 is 0 Å². The van der Waals surface area contributed by atoms with Crippen LogP contribution >= 0.6 is 0 Å². The number of hydrogen-bond acceptors (Lipinski definition) is 2. The smallest absolute Gasteiger partial charge is 0.229 e. The van der Waals surface area contributed by atoms with Crippen molar-refractivity contribution in [2.75, 3.05) is 11.4 Å². The Bertz CT molecular complexity index is 605. The van der Waals surface area contributed by atoms with Gasteiger partial charge in [0.15, 0.2) is 0 Å². The van der Waals surface area contributed by atoms with Crippen molar-refractivity contribution in [1.29, 1.82) is 0 Å². The van der Waals surface area contributed by atoms with Crippen LogP contribution in [0.4, 0.5) is 5.69 Å². The molecule has 23 heavy (non-hydrogen) atoms. The Morgan fingerprint density at radius 2 is 1.87 bits per heavy atom. The second kappa shape index (κ2) is 6.73. The van der Waals surface area contributed by atoms with Gasteiger partial charge in [0.05, 0.1) is 6.04 Å². The molecule has 1 aliphatic carbocycles. The van der Waals surface area contributed by atoms with E-state index in [1.165, 1.54) is 17.5 Å². The highest BCUT2D eigenvalue weighted by Crippen LogP contribution is 2.26. The van der Waals surface area contributed by atoms with Crippen LogP contribution < -0.4 is 10.2 Å². The van der Waals surface area contributed by atoms with E-state index in [0.717, 1.165) is 31.4 Å². The van der Waals surface area contributed by atoms with Crippen LogP contribution in [-0.4, -0.2) is 24.4 Å². The first-order valence-electron chi connectivity index (χ1n) is 8.72. The Labute approximate surface area is 138 Å². The van der Waals surface area contributed by atoms with Gasteiger partial charge in [-0.3, -0.25) is 9.59 Å². The molecule has 2 amide bonds. The number of carbonyl (C=O) groups excluding carboxylic acids is 2. The van der Waals surface area contributed by atoms with E-state index < -0.39 is 0 Å². The summed E-state index contributed by atoms with van der Waals surface area (Å²) in [5.74, 6) is 0.390. The van der Waals surface area contributed by atoms with Crippen LogP contribution in [0.3, 0.4) is 0 Å². The number of benzene rings is 1. The average molecular weight is 314 g/mol. The molecule has 2 fully saturated rings. The average Bonchev–Trinajstić information content (AvgIpc) is 2.91. The number of anilines is 1. The molecular formula is C19H26N2O2. The number of amides is 2. The summed E-state index contributed by atoms with van der Waals surface area (Å²) in [6.07, 6.45) is 5.94. The Balaban J connectivity index is 1.62. The fourth-order valence-electron chi connectivity index (χ4n) is 3.63. The lowest BCUT2D eigenvalue weighted by Gasteiger charge is -2.23. The molecule has 4 heteroatoms. The number of rotatable bonds is 3. The summed E-state index contributed by atoms with van der Waals surface area (Å²) in [6.45, 7) is 4.71. The molecule has 1 aromatic carbocycles. The van der Waals surface area contributed by atoms with Gasteiger partial charge in [-0.25, -0.2) is 0 Å². The molecule has 2 aliphatic rings. The molecule has 1 aromatic rings. The van der Waals surface area contributed by atoms with Gasteiger partial charge < -0.3 is 10.2 Å². The van der Waals surface area contributed by atoms with E-state index in [4.69, 9.17) is 0 Å². The van der Waals surface area contributed by atoms with Crippen LogP contribution in [-0.2, 0) is 9.59 Å². The van der Waals surface area contributed by atoms with E-state index in [9.17, 15) is 9.59 Å². The van der Waals surface area contributed by atoms with Crippen molar-refractivity contribution in [3.05, 3.63) is 29.3 Å². The molecule has 1 saturated carbocycles. The number of nitrogens with one attached hydrogen (secondary N) is 1. The zero-order valence-electron chi connectivity index (χ0n) is 14.1. The second-order valence-corrected chi connectivity index (χ2v) is 7.02. The van der Waals surface area contributed by atoms with Gasteiger partial charge in [-0.2, -0.15) is 0 Å². The lowest BCUT2D eigenvalue weighted by molar-refractivity contribution is -0.126. The minimum absolute atomic E-state index is 0.0569. The third-order valence-corrected chi connectivity index (χ3v) is 5.25. The summed E-state index contributed by atoms with van der Waals surface area (Å²) < 4.78 is 0. The summed E-state index contributed by atoms with van der Waals surface area (Å²) in [6, 6.07) is 6.04. The van der Waals surface area contributed by atoms with Gasteiger partial charge in [0.25, 0.3) is 0 Å². The third kappa shape index (κ3) is 3.57. The van der Waals surface area contributed by atoms with Crippen molar-refractivity contribution in [3.8, 4) is 0 Å². The molecule has 1 heterocycles. The molecule has 3 rings (SSSR count). The van der Waals surface area contributed by atoms with Gasteiger partial charge in [-0.1, -0.05) is 25.3 Å². The van der Waals surface area contributed by atoms with Gasteiger partial charge in [0.1, 0.15) is 0 Å². The SMILES string of the molecule is Cc1ccc(N2CC(NC(=O)C3CCCCC3)CC2=O)cc1C. The summed E-state index contributed by atoms with van der Waals surface area (Å²) in [4.78, 5) is 26.5. The monoisotopic (exact) mass is 314 g/mol. The highest BCUT2D eigenvalue weighted by atomic mass is 16.2. The van der Waals surface area contributed by atoms with Crippen LogP contribution in [0, 0.1) is 19.8 Å². The van der Waals surface area contributed by atoms with Crippen LogP contribution in [0.25, 0.3) is 0 Å². The molecule has 0 aromatic heterocycles. The quantitative estimate of drug-likeness (QED) is 0.932. The molecule has 1 aliphatic heterocycles. The molecule has 4 nitrogen and oxygen atoms in total. The molecule has 0 bridgehead atoms. The second-order valence-electron chi connectivity index (χ2n) is 7.02. The van der Waals surface area contributed by atoms with E-state index in [1.54, 1.807) is 4.90 Å². The van der Waals surface area contributed by atoms with E-state index in [0.29, 0.717) is 13.0 Å². The molecular weight excluding hydrogens is 288 g/mol. The fourth-order valence-corrected chi connectivity index (χ4v) is 3.63. The van der Waals surface area contributed by atoms with Gasteiger partial charge in [-0.15, -0.1) is 0 Å². The zero-order chi connectivity index (χ0) is 16.4. The van der Waals surface area contributed by atoms with Crippen LogP contribution in [0.15, 0.2) is 18.2 Å². The Hall–Kier alpha value is -1.84. The van der Waals surface area contributed by atoms with Crippen molar-refractivity contribution in [1.82, 2.24) is 5.32 Å². The van der Waals surface area contributed by atoms with Crippen molar-refractivity contribution in [3.63, 3.8) is 0 Å². The summed E-state index contributed by atoms with van der Waals surface area (Å²) in [5, 5.41) is 3.10. The Morgan fingerprint density at radius 3 is 2.57 bits per heavy atom. The van der Waals surface area contributed by atoms with Crippen LogP contribution in [0.1, 0.15) is 49.7 Å². The maximum absolute atomic E-state index is 12.4. The fraction of sp³-hybridized carbons (Fsp3) is 0.579. The van der Waals surface area contributed by atoms with E-state index >= 15 is 0 Å². The standard InChI is InChI=1S/C19H26N2O2/c1-13-8-9-17(10-14(13)2)21-12-16(11-18(21)22)20-19(23)15-6-4-3-5-7-15/h8-10,15-16H,3-7,11-12H2,1-2H3,(H,20,23). The topological polar surface area (TPSA) is 49.4 Å². The van der Waals surface area contributed by atoms with Crippen LogP contribution in [0.2, 0.25) is 0 Å². The highest BCUT2D eigenvalue weighted by Gasteiger charge is 2.33. The van der Waals surface area contributed by atoms with E-state index in [-0.39, 0.29) is 23.8 Å². The van der Waals surface area contributed by atoms with Crippen molar-refractivity contribution >= 4 is 17.5 Å². The number of hydrogen-bond donors (Lipinski definition) is 1. The summed E-state index contributed by atoms with van der Waals surface area (Å²) >= 11 is 0. The molecule has 1 atom stereocenters. The van der Waals surface area contributed by atoms with E-state index in [1.807, 2.05) is 12.1 Å². The number of carbonyl (C=O) groups is 2. The third-order valence-electron chi connectivity index (χ3n) is 5.25. The number of aryl methyl sites for hydroxylation is 2. The highest BCUT2D eigenvalue weighted by molar-refractivity contribution is 5.97. The zero-order valence-corrected chi connectivity index (χ0v) is 14.1. The lowest BCUT2D eigenvalue weighted by atomic mass is 9.88. The number of nitrogens with zero attached hydrogens (tertiary/aromatic N) is 1. The Kier molecular flexibility index (Phi) is 4.69. The molecule has 0 spiro atoms. The first-order chi connectivity index (χ1) is 11.0. The first-order valence-corrected chi connectivity index (χ1v) is 8.72. The summed E-state index contributed by atoms with van der Waals surface area (Å²) in [5.41, 5.74) is 3.35. The van der Waals surface area contributed by atoms with E-state index in [2.05, 4.69) is 25.2 Å². The maximum Gasteiger partial charge on any atom is 0.229 e. The van der Waals surface area contributed by atoms with Gasteiger partial charge in [0.2, 0.25) is 11.8 Å². The predicted octanol–water partition coefficient (Wildman–Crippen LogP) is 3.11. The first kappa shape index (κ1) is 16.0. The summed E-state index contributed by atoms with van der Waals surface area (Å²) in [7, 11) is 0. The lowest BCUT2D eigenvalue weighted by Crippen LogP contribution is -2.41.